The van der Waals surface area contributed by atoms with Crippen LogP contribution >= 0.6 is 0 Å². The fourth-order valence-electron chi connectivity index (χ4n) is 2.96. The van der Waals surface area contributed by atoms with Crippen molar-refractivity contribution in [2.75, 3.05) is 12.3 Å². The summed E-state index contributed by atoms with van der Waals surface area (Å²) < 4.78 is 67.7. The van der Waals surface area contributed by atoms with Crippen molar-refractivity contribution in [3.63, 3.8) is 0 Å². The Morgan fingerprint density at radius 3 is 2.25 bits per heavy atom. The van der Waals surface area contributed by atoms with Gasteiger partial charge in [-0.25, -0.2) is 16.8 Å². The van der Waals surface area contributed by atoms with Crippen LogP contribution in [0, 0.1) is 0 Å². The van der Waals surface area contributed by atoms with Crippen LogP contribution in [0.5, 0.6) is 0 Å². The first-order valence-electron chi connectivity index (χ1n) is 7.49. The van der Waals surface area contributed by atoms with Crippen LogP contribution in [-0.4, -0.2) is 48.5 Å². The molecule has 0 aliphatic carbocycles. The van der Waals surface area contributed by atoms with E-state index in [9.17, 15) is 25.9 Å². The molecule has 1 aromatic carbocycles. The third-order valence-corrected chi connectivity index (χ3v) is 6.18. The summed E-state index contributed by atoms with van der Waals surface area (Å²) in [6.07, 6.45) is 0.772. The number of benzene rings is 1. The van der Waals surface area contributed by atoms with Crippen LogP contribution in [0.3, 0.4) is 0 Å². The monoisotopic (exact) mass is 374 g/mol. The van der Waals surface area contributed by atoms with Gasteiger partial charge < -0.3 is 9.11 Å². The summed E-state index contributed by atoms with van der Waals surface area (Å²) in [4.78, 5) is -0.263. The van der Waals surface area contributed by atoms with E-state index in [0.29, 0.717) is 13.0 Å². The highest BCUT2D eigenvalue weighted by atomic mass is 32.2. The molecule has 134 valence electrons. The van der Waals surface area contributed by atoms with Gasteiger partial charge in [0.25, 0.3) is 0 Å². The van der Waals surface area contributed by atoms with Gasteiger partial charge in [0.15, 0.2) is 5.71 Å². The molecule has 0 fully saturated rings. The molecule has 0 N–H and O–H groups in total. The van der Waals surface area contributed by atoms with Crippen molar-refractivity contribution in [3.8, 4) is 0 Å². The molecule has 1 aliphatic rings. The predicted octanol–water partition coefficient (Wildman–Crippen LogP) is 1.31. The van der Waals surface area contributed by atoms with E-state index in [1.54, 1.807) is 6.07 Å². The number of nitrogens with zero attached hydrogens (tertiary/aromatic N) is 1. The molecule has 0 atom stereocenters. The molecule has 9 heteroatoms. The largest absolute Gasteiger partial charge is 0.748 e. The van der Waals surface area contributed by atoms with Crippen LogP contribution < -0.4 is 0 Å². The van der Waals surface area contributed by atoms with E-state index in [0.717, 1.165) is 17.0 Å². The SMILES string of the molecule is CC1=[N+](CCCCS(=O)(=O)[O-])c2ccc(S(=O)(=O)[O-])cc2C1(C)C. The smallest absolute Gasteiger partial charge is 0.209 e. The van der Waals surface area contributed by atoms with E-state index in [4.69, 9.17) is 0 Å². The van der Waals surface area contributed by atoms with Gasteiger partial charge in [-0.05, 0) is 32.4 Å². The molecule has 1 aromatic rings. The molecule has 0 saturated carbocycles. The highest BCUT2D eigenvalue weighted by Crippen LogP contribution is 2.40. The Hall–Kier alpha value is -1.29. The molecule has 0 spiro atoms. The number of rotatable bonds is 6. The van der Waals surface area contributed by atoms with Gasteiger partial charge in [-0.1, -0.05) is 0 Å². The van der Waals surface area contributed by atoms with Crippen molar-refractivity contribution >= 4 is 31.6 Å². The van der Waals surface area contributed by atoms with Gasteiger partial charge in [0.05, 0.1) is 20.4 Å². The lowest BCUT2D eigenvalue weighted by molar-refractivity contribution is -0.439. The summed E-state index contributed by atoms with van der Waals surface area (Å²) in [6.45, 7) is 6.30. The predicted molar refractivity (Wildman–Crippen MR) is 86.7 cm³/mol. The van der Waals surface area contributed by atoms with Crippen LogP contribution in [0.4, 0.5) is 5.69 Å². The van der Waals surface area contributed by atoms with E-state index in [2.05, 4.69) is 0 Å². The Balaban J connectivity index is 2.30. The standard InChI is InChI=1S/C15H21NO6S2/c1-11-15(2,3)13-10-12(24(20,21)22)6-7-14(13)16(11)8-4-5-9-23(17,18)19/h6-7,10H,4-5,8-9H2,1-3H3,(H-,17,18,19,20,21,22)/p-1. The molecule has 0 aromatic heterocycles. The van der Waals surface area contributed by atoms with Gasteiger partial charge >= 0.3 is 0 Å². The van der Waals surface area contributed by atoms with Crippen molar-refractivity contribution in [1.29, 1.82) is 0 Å². The number of hydrogen-bond donors (Lipinski definition) is 0. The third-order valence-electron chi connectivity index (χ3n) is 4.56. The summed E-state index contributed by atoms with van der Waals surface area (Å²) >= 11 is 0. The second kappa shape index (κ2) is 6.21. The average Bonchev–Trinajstić information content (AvgIpc) is 2.61. The van der Waals surface area contributed by atoms with Crippen LogP contribution in [0.1, 0.15) is 39.2 Å². The maximum absolute atomic E-state index is 11.2. The summed E-state index contributed by atoms with van der Waals surface area (Å²) in [5.74, 6) is -0.399. The molecule has 1 aliphatic heterocycles. The zero-order valence-corrected chi connectivity index (χ0v) is 15.4. The Bertz CT molecular complexity index is 898. The lowest BCUT2D eigenvalue weighted by Crippen LogP contribution is -2.27. The normalized spacial score (nSPS) is 17.2. The first kappa shape index (κ1) is 19.0. The zero-order valence-electron chi connectivity index (χ0n) is 13.8. The van der Waals surface area contributed by atoms with E-state index >= 15 is 0 Å². The minimum Gasteiger partial charge on any atom is -0.748 e. The highest BCUT2D eigenvalue weighted by molar-refractivity contribution is 7.86. The van der Waals surface area contributed by atoms with Crippen molar-refractivity contribution in [2.24, 2.45) is 0 Å². The number of fused-ring (bicyclic) bond motifs is 1. The summed E-state index contributed by atoms with van der Waals surface area (Å²) in [7, 11) is -8.74. The lowest BCUT2D eigenvalue weighted by Gasteiger charge is -2.16. The maximum atomic E-state index is 11.2. The summed E-state index contributed by atoms with van der Waals surface area (Å²) in [6, 6.07) is 4.29. The summed E-state index contributed by atoms with van der Waals surface area (Å²) in [5.41, 5.74) is 2.08. The van der Waals surface area contributed by atoms with Gasteiger partial charge in [0.2, 0.25) is 5.69 Å². The van der Waals surface area contributed by atoms with E-state index in [1.165, 1.54) is 12.1 Å². The van der Waals surface area contributed by atoms with Crippen LogP contribution in [-0.2, 0) is 25.7 Å². The third kappa shape index (κ3) is 3.85. The van der Waals surface area contributed by atoms with Crippen molar-refractivity contribution in [1.82, 2.24) is 0 Å². The van der Waals surface area contributed by atoms with Gasteiger partial charge in [0, 0.05) is 30.7 Å². The van der Waals surface area contributed by atoms with Crippen molar-refractivity contribution < 1.29 is 30.5 Å². The van der Waals surface area contributed by atoms with E-state index in [1.807, 2.05) is 25.3 Å². The molecule has 0 unspecified atom stereocenters. The Kier molecular flexibility index (Phi) is 4.93. The van der Waals surface area contributed by atoms with Gasteiger partial charge in [-0.2, -0.15) is 4.58 Å². The molecular formula is C15H20NO6S2-. The first-order chi connectivity index (χ1) is 10.8. The zero-order chi connectivity index (χ0) is 18.3. The van der Waals surface area contributed by atoms with E-state index < -0.39 is 31.4 Å². The minimum absolute atomic E-state index is 0.262. The van der Waals surface area contributed by atoms with Crippen molar-refractivity contribution in [3.05, 3.63) is 23.8 Å². The number of unbranched alkanes of at least 4 members (excludes halogenated alkanes) is 1. The van der Waals surface area contributed by atoms with Gasteiger partial charge in [0.1, 0.15) is 16.7 Å². The maximum Gasteiger partial charge on any atom is 0.209 e. The second-order valence-corrected chi connectivity index (χ2v) is 9.37. The Morgan fingerprint density at radius 2 is 1.71 bits per heavy atom. The molecule has 2 rings (SSSR count). The molecule has 0 radical (unpaired) electrons. The Labute approximate surface area is 142 Å². The molecular weight excluding hydrogens is 354 g/mol. The molecule has 0 saturated heterocycles. The molecule has 0 bridgehead atoms. The highest BCUT2D eigenvalue weighted by Gasteiger charge is 2.43. The molecule has 7 nitrogen and oxygen atoms in total. The quantitative estimate of drug-likeness (QED) is 0.421. The first-order valence-corrected chi connectivity index (χ1v) is 10.5. The molecule has 0 amide bonds. The minimum atomic E-state index is -4.53. The Morgan fingerprint density at radius 1 is 1.08 bits per heavy atom. The fraction of sp³-hybridized carbons (Fsp3) is 0.533. The summed E-state index contributed by atoms with van der Waals surface area (Å²) in [5, 5.41) is 0. The van der Waals surface area contributed by atoms with E-state index in [-0.39, 0.29) is 11.3 Å². The van der Waals surface area contributed by atoms with Crippen LogP contribution in [0.15, 0.2) is 23.1 Å². The lowest BCUT2D eigenvalue weighted by atomic mass is 9.82. The van der Waals surface area contributed by atoms with Gasteiger partial charge in [-0.15, -0.1) is 0 Å². The number of hydrogen-bond acceptors (Lipinski definition) is 6. The second-order valence-electron chi connectivity index (χ2n) is 6.46. The van der Waals surface area contributed by atoms with Crippen LogP contribution in [0.25, 0.3) is 0 Å². The fourth-order valence-corrected chi connectivity index (χ4v) is 4.01. The van der Waals surface area contributed by atoms with Crippen LogP contribution in [0.2, 0.25) is 0 Å². The van der Waals surface area contributed by atoms with Gasteiger partial charge in [-0.3, -0.25) is 0 Å². The molecule has 24 heavy (non-hydrogen) atoms. The van der Waals surface area contributed by atoms with Crippen molar-refractivity contribution in [2.45, 2.75) is 43.9 Å². The average molecular weight is 374 g/mol. The topological polar surface area (TPSA) is 117 Å². The molecule has 1 heterocycles.